The van der Waals surface area contributed by atoms with Crippen molar-refractivity contribution in [2.45, 2.75) is 13.3 Å². The Balaban J connectivity index is 2.57. The fourth-order valence-electron chi connectivity index (χ4n) is 1.39. The van der Waals surface area contributed by atoms with Gasteiger partial charge in [-0.3, -0.25) is 14.5 Å². The molecule has 1 aliphatic heterocycles. The van der Waals surface area contributed by atoms with E-state index < -0.39 is 0 Å². The molecule has 0 atom stereocenters. The minimum Gasteiger partial charge on any atom is -0.281 e. The molecule has 0 aromatic carbocycles. The Labute approximate surface area is 80.7 Å². The maximum atomic E-state index is 11.6. The SMILES string of the molecule is Cc1cc2c(nn1)CC(=O)N(C)C2=O. The van der Waals surface area contributed by atoms with Crippen LogP contribution >= 0.6 is 0 Å². The monoisotopic (exact) mass is 191 g/mol. The number of carbonyl (C=O) groups is 2. The molecule has 0 N–H and O–H groups in total. The summed E-state index contributed by atoms with van der Waals surface area (Å²) < 4.78 is 0. The minimum absolute atomic E-state index is 0.158. The van der Waals surface area contributed by atoms with Crippen LogP contribution in [-0.4, -0.2) is 34.0 Å². The first kappa shape index (κ1) is 8.80. The molecule has 14 heavy (non-hydrogen) atoms. The molecule has 1 aromatic rings. The Morgan fingerprint density at radius 1 is 1.36 bits per heavy atom. The number of aryl methyl sites for hydroxylation is 1. The molecule has 0 unspecified atom stereocenters. The van der Waals surface area contributed by atoms with Gasteiger partial charge < -0.3 is 0 Å². The van der Waals surface area contributed by atoms with Crippen molar-refractivity contribution in [3.05, 3.63) is 23.0 Å². The third kappa shape index (κ3) is 1.17. The molecule has 72 valence electrons. The van der Waals surface area contributed by atoms with Gasteiger partial charge in [-0.25, -0.2) is 0 Å². The lowest BCUT2D eigenvalue weighted by Gasteiger charge is -2.21. The molecule has 0 spiro atoms. The lowest BCUT2D eigenvalue weighted by molar-refractivity contribution is -0.127. The van der Waals surface area contributed by atoms with Gasteiger partial charge in [0, 0.05) is 7.05 Å². The number of fused-ring (bicyclic) bond motifs is 1. The zero-order chi connectivity index (χ0) is 10.3. The molecule has 0 aliphatic carbocycles. The third-order valence-corrected chi connectivity index (χ3v) is 2.22. The van der Waals surface area contributed by atoms with E-state index in [1.165, 1.54) is 7.05 Å². The fraction of sp³-hybridized carbons (Fsp3) is 0.333. The van der Waals surface area contributed by atoms with Gasteiger partial charge in [0.2, 0.25) is 5.91 Å². The quantitative estimate of drug-likeness (QED) is 0.539. The number of amides is 2. The zero-order valence-electron chi connectivity index (χ0n) is 7.94. The van der Waals surface area contributed by atoms with Gasteiger partial charge in [-0.15, -0.1) is 0 Å². The van der Waals surface area contributed by atoms with Crippen molar-refractivity contribution >= 4 is 11.8 Å². The maximum absolute atomic E-state index is 11.6. The van der Waals surface area contributed by atoms with Crippen molar-refractivity contribution in [2.75, 3.05) is 7.05 Å². The van der Waals surface area contributed by atoms with Crippen LogP contribution in [0.3, 0.4) is 0 Å². The second-order valence-corrected chi connectivity index (χ2v) is 3.28. The van der Waals surface area contributed by atoms with Crippen LogP contribution in [0.25, 0.3) is 0 Å². The smallest absolute Gasteiger partial charge is 0.262 e. The summed E-state index contributed by atoms with van der Waals surface area (Å²) in [5, 5.41) is 7.65. The van der Waals surface area contributed by atoms with Crippen LogP contribution in [0.5, 0.6) is 0 Å². The van der Waals surface area contributed by atoms with Crippen molar-refractivity contribution < 1.29 is 9.59 Å². The van der Waals surface area contributed by atoms with E-state index in [-0.39, 0.29) is 18.2 Å². The van der Waals surface area contributed by atoms with E-state index in [2.05, 4.69) is 10.2 Å². The molecule has 1 aliphatic rings. The Morgan fingerprint density at radius 3 is 2.79 bits per heavy atom. The summed E-state index contributed by atoms with van der Waals surface area (Å²) in [6, 6.07) is 1.66. The molecule has 0 saturated heterocycles. The lowest BCUT2D eigenvalue weighted by Crippen LogP contribution is -2.39. The van der Waals surface area contributed by atoms with Crippen molar-refractivity contribution in [1.82, 2.24) is 15.1 Å². The second kappa shape index (κ2) is 2.87. The van der Waals surface area contributed by atoms with E-state index in [0.717, 1.165) is 4.90 Å². The van der Waals surface area contributed by atoms with Crippen molar-refractivity contribution in [2.24, 2.45) is 0 Å². The highest BCUT2D eigenvalue weighted by Gasteiger charge is 2.29. The van der Waals surface area contributed by atoms with Crippen LogP contribution in [0.1, 0.15) is 21.7 Å². The van der Waals surface area contributed by atoms with Gasteiger partial charge in [0.1, 0.15) is 0 Å². The number of hydrogen-bond acceptors (Lipinski definition) is 4. The summed E-state index contributed by atoms with van der Waals surface area (Å²) in [6.07, 6.45) is 0.158. The summed E-state index contributed by atoms with van der Waals surface area (Å²) in [5.41, 5.74) is 1.64. The average molecular weight is 191 g/mol. The summed E-state index contributed by atoms with van der Waals surface area (Å²) in [4.78, 5) is 24.0. The van der Waals surface area contributed by atoms with Crippen LogP contribution in [0, 0.1) is 6.92 Å². The summed E-state index contributed by atoms with van der Waals surface area (Å²) >= 11 is 0. The van der Waals surface area contributed by atoms with Gasteiger partial charge in [-0.2, -0.15) is 10.2 Å². The highest BCUT2D eigenvalue weighted by atomic mass is 16.2. The molecular formula is C9H9N3O2. The molecule has 0 fully saturated rings. The summed E-state index contributed by atoms with van der Waals surface area (Å²) in [5.74, 6) is -0.532. The Kier molecular flexibility index (Phi) is 1.80. The lowest BCUT2D eigenvalue weighted by atomic mass is 10.1. The first-order valence-corrected chi connectivity index (χ1v) is 4.23. The van der Waals surface area contributed by atoms with Gasteiger partial charge in [-0.05, 0) is 13.0 Å². The van der Waals surface area contributed by atoms with E-state index in [4.69, 9.17) is 0 Å². The molecule has 0 bridgehead atoms. The summed E-state index contributed by atoms with van der Waals surface area (Å²) in [7, 11) is 1.48. The highest BCUT2D eigenvalue weighted by molar-refractivity contribution is 6.08. The predicted octanol–water partition coefficient (Wildman–Crippen LogP) is -0.0603. The van der Waals surface area contributed by atoms with Gasteiger partial charge >= 0.3 is 0 Å². The largest absolute Gasteiger partial charge is 0.281 e. The molecule has 0 saturated carbocycles. The zero-order valence-corrected chi connectivity index (χ0v) is 7.94. The standard InChI is InChI=1S/C9H9N3O2/c1-5-3-6-7(11-10-5)4-8(13)12(2)9(6)14/h3H,4H2,1-2H3. The van der Waals surface area contributed by atoms with Crippen LogP contribution in [-0.2, 0) is 11.2 Å². The molecule has 2 amide bonds. The molecule has 1 aromatic heterocycles. The van der Waals surface area contributed by atoms with Gasteiger partial charge in [0.25, 0.3) is 5.91 Å². The molecule has 0 radical (unpaired) electrons. The molecule has 5 nitrogen and oxygen atoms in total. The number of nitrogens with zero attached hydrogens (tertiary/aromatic N) is 3. The topological polar surface area (TPSA) is 63.2 Å². The average Bonchev–Trinajstić information content (AvgIpc) is 2.16. The second-order valence-electron chi connectivity index (χ2n) is 3.28. The molecule has 5 heteroatoms. The normalized spacial score (nSPS) is 15.7. The van der Waals surface area contributed by atoms with E-state index in [1.54, 1.807) is 13.0 Å². The van der Waals surface area contributed by atoms with E-state index in [1.807, 2.05) is 0 Å². The third-order valence-electron chi connectivity index (χ3n) is 2.22. The highest BCUT2D eigenvalue weighted by Crippen LogP contribution is 2.16. The van der Waals surface area contributed by atoms with Crippen molar-refractivity contribution in [1.29, 1.82) is 0 Å². The predicted molar refractivity (Wildman–Crippen MR) is 47.6 cm³/mol. The fourth-order valence-corrected chi connectivity index (χ4v) is 1.39. The summed E-state index contributed by atoms with van der Waals surface area (Å²) in [6.45, 7) is 1.76. The van der Waals surface area contributed by atoms with E-state index in [9.17, 15) is 9.59 Å². The molecule has 2 heterocycles. The van der Waals surface area contributed by atoms with E-state index in [0.29, 0.717) is 17.0 Å². The van der Waals surface area contributed by atoms with Crippen molar-refractivity contribution in [3.8, 4) is 0 Å². The first-order chi connectivity index (χ1) is 6.59. The number of likely N-dealkylation sites (N-methyl/N-ethyl adjacent to an activating group) is 1. The molecular weight excluding hydrogens is 182 g/mol. The number of rotatable bonds is 0. The Morgan fingerprint density at radius 2 is 2.07 bits per heavy atom. The first-order valence-electron chi connectivity index (χ1n) is 4.23. The van der Waals surface area contributed by atoms with Crippen LogP contribution < -0.4 is 0 Å². The minimum atomic E-state index is -0.297. The van der Waals surface area contributed by atoms with Gasteiger partial charge in [0.05, 0.1) is 23.4 Å². The van der Waals surface area contributed by atoms with Crippen molar-refractivity contribution in [3.63, 3.8) is 0 Å². The molecule has 2 rings (SSSR count). The Hall–Kier alpha value is -1.78. The maximum Gasteiger partial charge on any atom is 0.262 e. The van der Waals surface area contributed by atoms with Gasteiger partial charge in [-0.1, -0.05) is 0 Å². The Bertz CT molecular complexity index is 428. The van der Waals surface area contributed by atoms with Crippen LogP contribution in [0.2, 0.25) is 0 Å². The van der Waals surface area contributed by atoms with Crippen LogP contribution in [0.4, 0.5) is 0 Å². The number of carbonyl (C=O) groups excluding carboxylic acids is 2. The number of imide groups is 1. The number of hydrogen-bond donors (Lipinski definition) is 0. The van der Waals surface area contributed by atoms with Crippen LogP contribution in [0.15, 0.2) is 6.07 Å². The van der Waals surface area contributed by atoms with E-state index >= 15 is 0 Å². The number of aromatic nitrogens is 2. The van der Waals surface area contributed by atoms with Gasteiger partial charge in [0.15, 0.2) is 0 Å².